The molecule has 0 spiro atoms. The summed E-state index contributed by atoms with van der Waals surface area (Å²) in [5.74, 6) is 1.24. The fourth-order valence-electron chi connectivity index (χ4n) is 10.7. The summed E-state index contributed by atoms with van der Waals surface area (Å²) in [6.45, 7) is 11.1. The lowest BCUT2D eigenvalue weighted by molar-refractivity contribution is 0.866. The number of aromatic nitrogens is 3. The van der Waals surface area contributed by atoms with Gasteiger partial charge in [0.1, 0.15) is 5.82 Å². The molecular weight excluding hydrogens is 777 g/mol. The van der Waals surface area contributed by atoms with E-state index in [9.17, 15) is 0 Å². The zero-order valence-corrected chi connectivity index (χ0v) is 36.7. The van der Waals surface area contributed by atoms with Gasteiger partial charge in [0.15, 0.2) is 0 Å². The van der Waals surface area contributed by atoms with E-state index < -0.39 is 0 Å². The van der Waals surface area contributed by atoms with Crippen molar-refractivity contribution >= 4 is 79.0 Å². The lowest BCUT2D eigenvalue weighted by atomic mass is 9.33. The van der Waals surface area contributed by atoms with Crippen LogP contribution in [0.5, 0.6) is 0 Å². The number of fused-ring (bicyclic) bond motifs is 6. The van der Waals surface area contributed by atoms with Crippen molar-refractivity contribution in [1.82, 2.24) is 14.5 Å². The van der Waals surface area contributed by atoms with Crippen LogP contribution in [0.1, 0.15) is 42.0 Å². The van der Waals surface area contributed by atoms with Gasteiger partial charge in [-0.2, -0.15) is 0 Å². The van der Waals surface area contributed by atoms with Crippen molar-refractivity contribution in [2.45, 2.75) is 40.5 Å². The van der Waals surface area contributed by atoms with Crippen LogP contribution in [0.3, 0.4) is 0 Å². The summed E-state index contributed by atoms with van der Waals surface area (Å²) >= 11 is 0. The zero-order chi connectivity index (χ0) is 43.2. The Labute approximate surface area is 375 Å². The summed E-state index contributed by atoms with van der Waals surface area (Å²) in [5, 5.41) is 2.32. The van der Waals surface area contributed by atoms with Gasteiger partial charge >= 0.3 is 0 Å². The number of benzene rings is 8. The quantitative estimate of drug-likeness (QED) is 0.157. The fraction of sp³-hybridized carbons (Fsp3) is 0.103. The standard InChI is InChI=1S/C58H46BN5/c1-36(2)43-34-53-55-54(35-43)63(45-19-10-7-11-20-45)51-27-25-42(58-61-49-22-14-15-23-52(49)64(58)57-38(4)30-37(3)31-39(57)5)33-48(51)59(55)47-32-41(56-46-21-13-12-16-40(46)28-29-60-56)24-26-50(47)62(53)44-17-8-6-9-18-44/h6-36H,1-5H3. The minimum atomic E-state index is -0.105. The summed E-state index contributed by atoms with van der Waals surface area (Å²) < 4.78 is 2.39. The molecule has 0 fully saturated rings. The largest absolute Gasteiger partial charge is 0.311 e. The molecule has 64 heavy (non-hydrogen) atoms. The molecule has 0 unspecified atom stereocenters. The summed E-state index contributed by atoms with van der Waals surface area (Å²) in [4.78, 5) is 15.5. The van der Waals surface area contributed by atoms with Crippen LogP contribution in [-0.2, 0) is 0 Å². The molecule has 0 radical (unpaired) electrons. The van der Waals surface area contributed by atoms with Gasteiger partial charge in [-0.05, 0) is 138 Å². The summed E-state index contributed by atoms with van der Waals surface area (Å²) in [5.41, 5.74) is 22.2. The molecule has 306 valence electrons. The van der Waals surface area contributed by atoms with Crippen molar-refractivity contribution in [3.8, 4) is 28.3 Å². The average molecular weight is 824 g/mol. The first-order valence-corrected chi connectivity index (χ1v) is 22.4. The Morgan fingerprint density at radius 2 is 1.11 bits per heavy atom. The van der Waals surface area contributed by atoms with E-state index >= 15 is 0 Å². The van der Waals surface area contributed by atoms with Crippen molar-refractivity contribution in [2.75, 3.05) is 9.80 Å². The van der Waals surface area contributed by atoms with Crippen molar-refractivity contribution in [1.29, 1.82) is 0 Å². The highest BCUT2D eigenvalue weighted by Crippen LogP contribution is 2.46. The minimum Gasteiger partial charge on any atom is -0.311 e. The number of anilines is 6. The molecule has 0 atom stereocenters. The molecule has 6 heteroatoms. The maximum absolute atomic E-state index is 5.46. The molecule has 0 saturated heterocycles. The van der Waals surface area contributed by atoms with Crippen LogP contribution >= 0.6 is 0 Å². The first-order chi connectivity index (χ1) is 31.3. The van der Waals surface area contributed by atoms with E-state index in [0.29, 0.717) is 5.92 Å². The second kappa shape index (κ2) is 14.7. The summed E-state index contributed by atoms with van der Waals surface area (Å²) in [6.07, 6.45) is 1.94. The molecule has 0 saturated carbocycles. The second-order valence-corrected chi connectivity index (χ2v) is 17.8. The van der Waals surface area contributed by atoms with Gasteiger partial charge in [0.05, 0.1) is 22.4 Å². The number of hydrogen-bond donors (Lipinski definition) is 0. The monoisotopic (exact) mass is 823 g/mol. The maximum atomic E-state index is 5.46. The van der Waals surface area contributed by atoms with Gasteiger partial charge in [0, 0.05) is 56.8 Å². The SMILES string of the molecule is Cc1cc(C)c(-n2c(-c3ccc4c(c3)B3c5cc(-c6nccc7ccccc67)ccc5N(c5ccccc5)c5cc(C(C)C)cc(c53)N4c3ccccc3)nc3ccccc32)c(C)c1. The third kappa shape index (κ3) is 5.86. The molecule has 12 rings (SSSR count). The second-order valence-electron chi connectivity index (χ2n) is 17.8. The molecule has 0 amide bonds. The third-order valence-corrected chi connectivity index (χ3v) is 13.4. The molecule has 4 heterocycles. The van der Waals surface area contributed by atoms with Crippen LogP contribution in [0.2, 0.25) is 0 Å². The lowest BCUT2D eigenvalue weighted by Crippen LogP contribution is -2.61. The van der Waals surface area contributed by atoms with Crippen molar-refractivity contribution in [3.63, 3.8) is 0 Å². The normalized spacial score (nSPS) is 12.8. The van der Waals surface area contributed by atoms with Crippen LogP contribution in [0.25, 0.3) is 50.1 Å². The van der Waals surface area contributed by atoms with Gasteiger partial charge in [-0.25, -0.2) is 4.98 Å². The minimum absolute atomic E-state index is 0.105. The van der Waals surface area contributed by atoms with Crippen molar-refractivity contribution in [2.24, 2.45) is 0 Å². The molecule has 10 aromatic rings. The number of para-hydroxylation sites is 4. The topological polar surface area (TPSA) is 37.2 Å². The molecule has 2 aliphatic rings. The fourth-order valence-corrected chi connectivity index (χ4v) is 10.7. The molecule has 5 nitrogen and oxygen atoms in total. The van der Waals surface area contributed by atoms with Gasteiger partial charge in [0.25, 0.3) is 6.71 Å². The molecular formula is C58H46BN5. The first-order valence-electron chi connectivity index (χ1n) is 22.4. The van der Waals surface area contributed by atoms with E-state index in [1.165, 1.54) is 66.8 Å². The van der Waals surface area contributed by atoms with Gasteiger partial charge < -0.3 is 9.80 Å². The Kier molecular flexibility index (Phi) is 8.74. The predicted octanol–water partition coefficient (Wildman–Crippen LogP) is 13.0. The van der Waals surface area contributed by atoms with Crippen LogP contribution in [0, 0.1) is 20.8 Å². The van der Waals surface area contributed by atoms with E-state index in [1.54, 1.807) is 0 Å². The molecule has 8 aromatic carbocycles. The van der Waals surface area contributed by atoms with Crippen LogP contribution in [0.4, 0.5) is 34.1 Å². The first kappa shape index (κ1) is 38.0. The maximum Gasteiger partial charge on any atom is 0.252 e. The van der Waals surface area contributed by atoms with Crippen LogP contribution < -0.4 is 26.2 Å². The van der Waals surface area contributed by atoms with Crippen molar-refractivity contribution in [3.05, 3.63) is 204 Å². The highest BCUT2D eigenvalue weighted by atomic mass is 15.2. The smallest absolute Gasteiger partial charge is 0.252 e. The van der Waals surface area contributed by atoms with Crippen LogP contribution in [-0.4, -0.2) is 21.2 Å². The highest BCUT2D eigenvalue weighted by molar-refractivity contribution is 7.00. The number of nitrogens with zero attached hydrogens (tertiary/aromatic N) is 5. The Bertz CT molecular complexity index is 3440. The van der Waals surface area contributed by atoms with E-state index in [4.69, 9.17) is 9.97 Å². The lowest BCUT2D eigenvalue weighted by Gasteiger charge is -2.45. The molecule has 0 aliphatic carbocycles. The van der Waals surface area contributed by atoms with E-state index in [-0.39, 0.29) is 6.71 Å². The average Bonchev–Trinajstić information content (AvgIpc) is 3.70. The molecule has 0 bridgehead atoms. The Hall–Kier alpha value is -7.70. The Balaban J connectivity index is 1.19. The summed E-state index contributed by atoms with van der Waals surface area (Å²) in [6, 6.07) is 64.6. The molecule has 2 aromatic heterocycles. The van der Waals surface area contributed by atoms with Gasteiger partial charge in [-0.3, -0.25) is 9.55 Å². The van der Waals surface area contributed by atoms with E-state index in [2.05, 4.69) is 225 Å². The number of hydrogen-bond acceptors (Lipinski definition) is 4. The molecule has 2 aliphatic heterocycles. The van der Waals surface area contributed by atoms with E-state index in [0.717, 1.165) is 56.1 Å². The predicted molar refractivity (Wildman–Crippen MR) is 270 cm³/mol. The highest BCUT2D eigenvalue weighted by Gasteiger charge is 2.44. The number of imidazole rings is 1. The van der Waals surface area contributed by atoms with Gasteiger partial charge in [-0.1, -0.05) is 123 Å². The Morgan fingerprint density at radius 3 is 1.77 bits per heavy atom. The number of pyridine rings is 1. The van der Waals surface area contributed by atoms with Gasteiger partial charge in [-0.15, -0.1) is 0 Å². The van der Waals surface area contributed by atoms with Gasteiger partial charge in [0.2, 0.25) is 0 Å². The number of rotatable bonds is 6. The van der Waals surface area contributed by atoms with E-state index in [1.807, 2.05) is 6.20 Å². The summed E-state index contributed by atoms with van der Waals surface area (Å²) in [7, 11) is 0. The zero-order valence-electron chi connectivity index (χ0n) is 36.7. The Morgan fingerprint density at radius 1 is 0.531 bits per heavy atom. The number of aryl methyl sites for hydroxylation is 3. The van der Waals surface area contributed by atoms with Crippen molar-refractivity contribution < 1.29 is 0 Å². The third-order valence-electron chi connectivity index (χ3n) is 13.4. The molecule has 0 N–H and O–H groups in total. The van der Waals surface area contributed by atoms with Crippen LogP contribution in [0.15, 0.2) is 182 Å².